The van der Waals surface area contributed by atoms with Crippen LogP contribution in [0.4, 0.5) is 16.2 Å². The van der Waals surface area contributed by atoms with Gasteiger partial charge in [0.25, 0.3) is 0 Å². The van der Waals surface area contributed by atoms with Gasteiger partial charge in [0.1, 0.15) is 0 Å². The number of rotatable bonds is 10. The first-order valence-corrected chi connectivity index (χ1v) is 13.0. The summed E-state index contributed by atoms with van der Waals surface area (Å²) in [5.41, 5.74) is 10.4. The number of amides is 1. The Morgan fingerprint density at radius 1 is 0.889 bits per heavy atom. The topological polar surface area (TPSA) is 70.8 Å². The Morgan fingerprint density at radius 2 is 1.53 bits per heavy atom. The van der Waals surface area contributed by atoms with E-state index in [0.717, 1.165) is 63.2 Å². The zero-order valence-corrected chi connectivity index (χ0v) is 21.0. The van der Waals surface area contributed by atoms with Crippen LogP contribution < -0.4 is 11.1 Å². The van der Waals surface area contributed by atoms with E-state index in [1.165, 1.54) is 11.1 Å². The first-order valence-electron chi connectivity index (χ1n) is 13.0. The maximum Gasteiger partial charge on any atom is 0.409 e. The Balaban J connectivity index is 1.22. The number of nitrogens with zero attached hydrogens (tertiary/aromatic N) is 2. The van der Waals surface area contributed by atoms with Gasteiger partial charge in [0.05, 0.1) is 18.0 Å². The normalized spacial score (nSPS) is 15.9. The average Bonchev–Trinajstić information content (AvgIpc) is 3.15. The Labute approximate surface area is 215 Å². The van der Waals surface area contributed by atoms with Crippen molar-refractivity contribution in [2.45, 2.75) is 44.8 Å². The van der Waals surface area contributed by atoms with Crippen LogP contribution in [0.25, 0.3) is 0 Å². The molecule has 0 spiro atoms. The van der Waals surface area contributed by atoms with Crippen LogP contribution in [0, 0.1) is 0 Å². The number of nitrogens with two attached hydrogens (primary N) is 1. The predicted octanol–water partition coefficient (Wildman–Crippen LogP) is 5.76. The Kier molecular flexibility index (Phi) is 9.62. The summed E-state index contributed by atoms with van der Waals surface area (Å²) in [6.07, 6.45) is 3.43. The number of carbonyl (C=O) groups is 1. The first-order chi connectivity index (χ1) is 17.7. The van der Waals surface area contributed by atoms with Gasteiger partial charge in [-0.15, -0.1) is 0 Å². The van der Waals surface area contributed by atoms with E-state index in [2.05, 4.69) is 58.7 Å². The number of carbonyl (C=O) groups excluding carboxylic acids is 1. The monoisotopic (exact) mass is 486 g/mol. The quantitative estimate of drug-likeness (QED) is 0.281. The molecule has 3 aromatic carbocycles. The van der Waals surface area contributed by atoms with Crippen LogP contribution in [0.15, 0.2) is 84.9 Å². The predicted molar refractivity (Wildman–Crippen MR) is 147 cm³/mol. The molecule has 4 rings (SSSR count). The van der Waals surface area contributed by atoms with E-state index in [1.54, 1.807) is 0 Å². The Bertz CT molecular complexity index is 1020. The fourth-order valence-corrected chi connectivity index (χ4v) is 4.71. The van der Waals surface area contributed by atoms with Crippen molar-refractivity contribution in [2.75, 3.05) is 37.3 Å². The SMILES string of the molecule is Nc1ccccc1NC1CCCN(C(=O)OCCCN(Cc2ccccc2)Cc2ccccc2)CC1. The van der Waals surface area contributed by atoms with Crippen molar-refractivity contribution in [2.24, 2.45) is 0 Å². The van der Waals surface area contributed by atoms with Gasteiger partial charge in [0.2, 0.25) is 0 Å². The lowest BCUT2D eigenvalue weighted by Gasteiger charge is -2.24. The highest BCUT2D eigenvalue weighted by atomic mass is 16.6. The van der Waals surface area contributed by atoms with Gasteiger partial charge in [-0.3, -0.25) is 4.90 Å². The molecule has 0 aromatic heterocycles. The molecule has 3 aromatic rings. The van der Waals surface area contributed by atoms with Gasteiger partial charge in [-0.25, -0.2) is 4.79 Å². The van der Waals surface area contributed by atoms with Crippen LogP contribution in [0.5, 0.6) is 0 Å². The number of para-hydroxylation sites is 2. The lowest BCUT2D eigenvalue weighted by molar-refractivity contribution is 0.0976. The molecule has 0 bridgehead atoms. The molecule has 1 aliphatic heterocycles. The van der Waals surface area contributed by atoms with Gasteiger partial charge in [-0.2, -0.15) is 0 Å². The molecule has 0 aliphatic carbocycles. The Hall–Kier alpha value is -3.51. The molecule has 0 saturated carbocycles. The second-order valence-electron chi connectivity index (χ2n) is 9.50. The van der Waals surface area contributed by atoms with E-state index < -0.39 is 0 Å². The number of hydrogen-bond donors (Lipinski definition) is 2. The molecule has 3 N–H and O–H groups in total. The van der Waals surface area contributed by atoms with Crippen LogP contribution in [0.1, 0.15) is 36.8 Å². The van der Waals surface area contributed by atoms with E-state index in [9.17, 15) is 4.79 Å². The number of likely N-dealkylation sites (tertiary alicyclic amines) is 1. The maximum absolute atomic E-state index is 12.7. The molecule has 1 fully saturated rings. The molecule has 1 aliphatic rings. The molecule has 1 heterocycles. The van der Waals surface area contributed by atoms with E-state index in [0.29, 0.717) is 19.2 Å². The molecule has 190 valence electrons. The van der Waals surface area contributed by atoms with Crippen molar-refractivity contribution >= 4 is 17.5 Å². The minimum atomic E-state index is -0.201. The molecular weight excluding hydrogens is 448 g/mol. The molecular formula is C30H38N4O2. The van der Waals surface area contributed by atoms with E-state index in [-0.39, 0.29) is 6.09 Å². The third kappa shape index (κ3) is 8.02. The highest BCUT2D eigenvalue weighted by Crippen LogP contribution is 2.22. The van der Waals surface area contributed by atoms with Gasteiger partial charge in [-0.05, 0) is 48.9 Å². The number of hydrogen-bond acceptors (Lipinski definition) is 5. The highest BCUT2D eigenvalue weighted by molar-refractivity contribution is 5.68. The summed E-state index contributed by atoms with van der Waals surface area (Å²) < 4.78 is 5.68. The van der Waals surface area contributed by atoms with Gasteiger partial charge in [0, 0.05) is 38.8 Å². The van der Waals surface area contributed by atoms with Crippen molar-refractivity contribution in [3.63, 3.8) is 0 Å². The van der Waals surface area contributed by atoms with Crippen molar-refractivity contribution < 1.29 is 9.53 Å². The molecule has 1 saturated heterocycles. The van der Waals surface area contributed by atoms with E-state index >= 15 is 0 Å². The second-order valence-corrected chi connectivity index (χ2v) is 9.50. The van der Waals surface area contributed by atoms with Crippen molar-refractivity contribution in [3.05, 3.63) is 96.1 Å². The van der Waals surface area contributed by atoms with E-state index in [1.807, 2.05) is 41.3 Å². The minimum Gasteiger partial charge on any atom is -0.449 e. The molecule has 1 atom stereocenters. The zero-order valence-electron chi connectivity index (χ0n) is 21.0. The zero-order chi connectivity index (χ0) is 25.0. The highest BCUT2D eigenvalue weighted by Gasteiger charge is 2.22. The summed E-state index contributed by atoms with van der Waals surface area (Å²) in [5.74, 6) is 0. The third-order valence-corrected chi connectivity index (χ3v) is 6.65. The molecule has 1 unspecified atom stereocenters. The van der Waals surface area contributed by atoms with Crippen molar-refractivity contribution in [3.8, 4) is 0 Å². The summed E-state index contributed by atoms with van der Waals surface area (Å²) in [6.45, 7) is 4.46. The fourth-order valence-electron chi connectivity index (χ4n) is 4.71. The van der Waals surface area contributed by atoms with Crippen LogP contribution in [0.3, 0.4) is 0 Å². The van der Waals surface area contributed by atoms with Crippen LogP contribution in [-0.2, 0) is 17.8 Å². The number of ether oxygens (including phenoxy) is 1. The molecule has 6 nitrogen and oxygen atoms in total. The number of nitrogens with one attached hydrogen (secondary N) is 1. The van der Waals surface area contributed by atoms with Gasteiger partial charge >= 0.3 is 6.09 Å². The summed E-state index contributed by atoms with van der Waals surface area (Å²) in [7, 11) is 0. The largest absolute Gasteiger partial charge is 0.449 e. The lowest BCUT2D eigenvalue weighted by Crippen LogP contribution is -2.34. The van der Waals surface area contributed by atoms with Gasteiger partial charge in [0.15, 0.2) is 0 Å². The van der Waals surface area contributed by atoms with Crippen LogP contribution in [-0.4, -0.2) is 48.2 Å². The fraction of sp³-hybridized carbons (Fsp3) is 0.367. The van der Waals surface area contributed by atoms with Crippen molar-refractivity contribution in [1.29, 1.82) is 0 Å². The molecule has 1 amide bonds. The number of anilines is 2. The molecule has 0 radical (unpaired) electrons. The van der Waals surface area contributed by atoms with Crippen molar-refractivity contribution in [1.82, 2.24) is 9.80 Å². The summed E-state index contributed by atoms with van der Waals surface area (Å²) in [5, 5.41) is 3.54. The molecule has 6 heteroatoms. The molecule has 36 heavy (non-hydrogen) atoms. The number of nitrogen functional groups attached to an aromatic ring is 1. The van der Waals surface area contributed by atoms with E-state index in [4.69, 9.17) is 10.5 Å². The summed E-state index contributed by atoms with van der Waals surface area (Å²) >= 11 is 0. The summed E-state index contributed by atoms with van der Waals surface area (Å²) in [4.78, 5) is 17.0. The first kappa shape index (κ1) is 25.6. The second kappa shape index (κ2) is 13.5. The lowest BCUT2D eigenvalue weighted by atomic mass is 10.1. The van der Waals surface area contributed by atoms with Crippen LogP contribution in [0.2, 0.25) is 0 Å². The van der Waals surface area contributed by atoms with Crippen LogP contribution >= 0.6 is 0 Å². The maximum atomic E-state index is 12.7. The smallest absolute Gasteiger partial charge is 0.409 e. The van der Waals surface area contributed by atoms with Gasteiger partial charge < -0.3 is 20.7 Å². The third-order valence-electron chi connectivity index (χ3n) is 6.65. The Morgan fingerprint density at radius 3 is 2.19 bits per heavy atom. The standard InChI is InChI=1S/C30H38N4O2/c31-28-16-7-8-17-29(28)32-27-15-9-20-34(21-18-27)30(35)36-22-10-19-33(23-25-11-3-1-4-12-25)24-26-13-5-2-6-14-26/h1-8,11-14,16-17,27,32H,9-10,15,18-24,31H2. The summed E-state index contributed by atoms with van der Waals surface area (Å²) in [6, 6.07) is 29.2. The minimum absolute atomic E-state index is 0.201. The van der Waals surface area contributed by atoms with Gasteiger partial charge in [-0.1, -0.05) is 72.8 Å². The average molecular weight is 487 g/mol. The number of benzene rings is 3.